The largest absolute Gasteiger partial charge is 0.382 e. The van der Waals surface area contributed by atoms with Gasteiger partial charge < -0.3 is 11.1 Å². The summed E-state index contributed by atoms with van der Waals surface area (Å²) < 4.78 is 38.3. The zero-order valence-electron chi connectivity index (χ0n) is 23.0. The third-order valence-electron chi connectivity index (χ3n) is 6.46. The van der Waals surface area contributed by atoms with Gasteiger partial charge in [-0.25, -0.2) is 32.7 Å². The van der Waals surface area contributed by atoms with Crippen molar-refractivity contribution in [3.8, 4) is 17.5 Å². The summed E-state index contributed by atoms with van der Waals surface area (Å²) in [6, 6.07) is 14.1. The summed E-state index contributed by atoms with van der Waals surface area (Å²) in [5.74, 6) is 5.92. The van der Waals surface area contributed by atoms with E-state index in [9.17, 15) is 17.6 Å². The fraction of sp³-hybridized carbons (Fsp3) is 0.167. The van der Waals surface area contributed by atoms with Crippen LogP contribution in [-0.2, 0) is 16.3 Å². The van der Waals surface area contributed by atoms with E-state index >= 15 is 0 Å². The summed E-state index contributed by atoms with van der Waals surface area (Å²) in [6.45, 7) is 1.79. The minimum atomic E-state index is -3.19. The highest BCUT2D eigenvalue weighted by molar-refractivity contribution is 7.90. The Morgan fingerprint density at radius 2 is 1.88 bits per heavy atom. The molecule has 13 heteroatoms. The smallest absolute Gasteiger partial charge is 0.267 e. The van der Waals surface area contributed by atoms with Gasteiger partial charge in [-0.2, -0.15) is 0 Å². The van der Waals surface area contributed by atoms with Crippen LogP contribution in [-0.4, -0.2) is 44.9 Å². The molecule has 43 heavy (non-hydrogen) atoms. The molecule has 3 N–H and O–H groups in total. The fourth-order valence-electron chi connectivity index (χ4n) is 4.38. The molecule has 0 amide bonds. The topological polar surface area (TPSA) is 146 Å². The summed E-state index contributed by atoms with van der Waals surface area (Å²) in [5, 5.41) is 3.73. The van der Waals surface area contributed by atoms with E-state index in [2.05, 4.69) is 32.1 Å². The van der Waals surface area contributed by atoms with Gasteiger partial charge in [-0.1, -0.05) is 35.7 Å². The number of anilines is 2. The third kappa shape index (κ3) is 6.80. The molecule has 0 aliphatic rings. The molecule has 1 atom stereocenters. The molecule has 0 bridgehead atoms. The molecule has 0 radical (unpaired) electrons. The predicted molar refractivity (Wildman–Crippen MR) is 164 cm³/mol. The number of halogens is 2. The van der Waals surface area contributed by atoms with Crippen LogP contribution in [0.4, 0.5) is 16.0 Å². The Balaban J connectivity index is 1.60. The highest BCUT2D eigenvalue weighted by Gasteiger charge is 2.21. The van der Waals surface area contributed by atoms with Crippen LogP contribution < -0.4 is 16.6 Å². The van der Waals surface area contributed by atoms with E-state index in [1.165, 1.54) is 29.3 Å². The van der Waals surface area contributed by atoms with Crippen LogP contribution in [0.1, 0.15) is 35.6 Å². The molecule has 3 aromatic heterocycles. The Morgan fingerprint density at radius 3 is 2.63 bits per heavy atom. The number of nitrogens with zero attached hydrogens (tertiary/aromatic N) is 5. The molecule has 1 unspecified atom stereocenters. The van der Waals surface area contributed by atoms with Crippen LogP contribution >= 0.6 is 11.6 Å². The van der Waals surface area contributed by atoms with E-state index in [0.717, 1.165) is 11.8 Å². The van der Waals surface area contributed by atoms with Gasteiger partial charge in [0.05, 0.1) is 39.6 Å². The molecule has 0 fully saturated rings. The van der Waals surface area contributed by atoms with Gasteiger partial charge in [0, 0.05) is 6.26 Å². The molecule has 2 aromatic carbocycles. The van der Waals surface area contributed by atoms with Crippen LogP contribution in [0.15, 0.2) is 71.9 Å². The summed E-state index contributed by atoms with van der Waals surface area (Å²) in [7, 11) is -3.19. The lowest BCUT2D eigenvalue weighted by atomic mass is 10.1. The molecule has 0 saturated carbocycles. The molecular weight excluding hydrogens is 593 g/mol. The number of sulfone groups is 1. The Kier molecular flexibility index (Phi) is 8.38. The second kappa shape index (κ2) is 12.2. The number of aryl methyl sites for hydroxylation is 1. The van der Waals surface area contributed by atoms with Crippen molar-refractivity contribution >= 4 is 44.0 Å². The number of pyridine rings is 1. The Bertz CT molecular complexity index is 2070. The van der Waals surface area contributed by atoms with Gasteiger partial charge in [0.2, 0.25) is 0 Å². The van der Waals surface area contributed by atoms with Crippen LogP contribution in [0.3, 0.4) is 0 Å². The number of rotatable bonds is 7. The van der Waals surface area contributed by atoms with Crippen molar-refractivity contribution in [1.29, 1.82) is 0 Å². The first-order valence-electron chi connectivity index (χ1n) is 13.0. The van der Waals surface area contributed by atoms with E-state index in [0.29, 0.717) is 22.7 Å². The summed E-state index contributed by atoms with van der Waals surface area (Å²) >= 11 is 6.44. The first kappa shape index (κ1) is 29.6. The number of nitrogens with two attached hydrogens (primary N) is 1. The fourth-order valence-corrected chi connectivity index (χ4v) is 5.24. The lowest BCUT2D eigenvalue weighted by Gasteiger charge is -2.21. The van der Waals surface area contributed by atoms with Crippen molar-refractivity contribution in [2.75, 3.05) is 23.1 Å². The summed E-state index contributed by atoms with van der Waals surface area (Å²) in [6.07, 6.45) is 3.79. The molecule has 0 aliphatic carbocycles. The minimum Gasteiger partial charge on any atom is -0.382 e. The molecule has 0 spiro atoms. The van der Waals surface area contributed by atoms with Gasteiger partial charge in [0.15, 0.2) is 0 Å². The maximum atomic E-state index is 14.0. The van der Waals surface area contributed by atoms with Crippen LogP contribution in [0.2, 0.25) is 5.02 Å². The number of nitrogen functional groups attached to an aromatic ring is 1. The molecule has 0 aliphatic heterocycles. The number of fused-ring (bicyclic) bond motifs is 1. The third-order valence-corrected chi connectivity index (χ3v) is 7.72. The number of nitrogens with one attached hydrogen (secondary N) is 1. The monoisotopic (exact) mass is 617 g/mol. The zero-order valence-corrected chi connectivity index (χ0v) is 24.6. The van der Waals surface area contributed by atoms with Crippen molar-refractivity contribution in [3.05, 3.63) is 111 Å². The number of benzene rings is 2. The summed E-state index contributed by atoms with van der Waals surface area (Å²) in [5.41, 5.74) is 7.95. The molecule has 0 saturated heterocycles. The summed E-state index contributed by atoms with van der Waals surface area (Å²) in [4.78, 5) is 31.1. The van der Waals surface area contributed by atoms with Gasteiger partial charge in [-0.05, 0) is 61.2 Å². The molecule has 218 valence electrons. The van der Waals surface area contributed by atoms with E-state index in [1.54, 1.807) is 49.4 Å². The number of hydrogen-bond donors (Lipinski definition) is 2. The van der Waals surface area contributed by atoms with Crippen molar-refractivity contribution in [2.24, 2.45) is 0 Å². The second-order valence-corrected chi connectivity index (χ2v) is 12.4. The van der Waals surface area contributed by atoms with Crippen molar-refractivity contribution < 1.29 is 12.8 Å². The molecule has 10 nitrogen and oxygen atoms in total. The van der Waals surface area contributed by atoms with Crippen LogP contribution in [0.25, 0.3) is 16.6 Å². The molecular formula is C30H25ClFN7O3S. The lowest BCUT2D eigenvalue weighted by Crippen LogP contribution is -2.28. The van der Waals surface area contributed by atoms with Gasteiger partial charge in [-0.3, -0.25) is 9.36 Å². The molecule has 3 heterocycles. The zero-order chi connectivity index (χ0) is 30.7. The van der Waals surface area contributed by atoms with Crippen molar-refractivity contribution in [1.82, 2.24) is 24.5 Å². The quantitative estimate of drug-likeness (QED) is 0.258. The number of hydrogen-bond acceptors (Lipinski definition) is 9. The minimum absolute atomic E-state index is 0.0373. The van der Waals surface area contributed by atoms with Gasteiger partial charge in [0.25, 0.3) is 5.56 Å². The number of aromatic nitrogens is 5. The van der Waals surface area contributed by atoms with E-state index < -0.39 is 27.3 Å². The highest BCUT2D eigenvalue weighted by Crippen LogP contribution is 2.26. The van der Waals surface area contributed by atoms with Crippen LogP contribution in [0.5, 0.6) is 0 Å². The Labute approximate surface area is 251 Å². The SMILES string of the molecule is CC(Nc1ncnc(N)c1C#Cc1ccc(F)cn1)c1nc2cccc(Cl)c2c(=O)n1-c1cccc(CCS(C)(=O)=O)c1. The Hall–Kier alpha value is -4.86. The molecule has 5 aromatic rings. The lowest BCUT2D eigenvalue weighted by molar-refractivity contribution is 0.601. The van der Waals surface area contributed by atoms with E-state index in [4.69, 9.17) is 22.3 Å². The van der Waals surface area contributed by atoms with Gasteiger partial charge in [0.1, 0.15) is 50.7 Å². The highest BCUT2D eigenvalue weighted by atomic mass is 35.5. The average molecular weight is 618 g/mol. The predicted octanol–water partition coefficient (Wildman–Crippen LogP) is 4.11. The Morgan fingerprint density at radius 1 is 1.09 bits per heavy atom. The maximum absolute atomic E-state index is 14.0. The standard InChI is InChI=1S/C30H25ClFN7O3S/c1-18(37-28-23(27(33)35-17-36-28)12-11-21-10-9-20(32)16-34-21)29-38-25-8-4-7-24(31)26(25)30(40)39(29)22-6-3-5-19(15-22)13-14-43(2,41)42/h3-10,15-18H,13-14H2,1-2H3,(H3,33,35,36,37). The first-order valence-corrected chi connectivity index (χ1v) is 15.4. The van der Waals surface area contributed by atoms with Crippen molar-refractivity contribution in [2.45, 2.75) is 19.4 Å². The van der Waals surface area contributed by atoms with Crippen LogP contribution in [0, 0.1) is 17.7 Å². The molecule has 5 rings (SSSR count). The first-order chi connectivity index (χ1) is 20.5. The van der Waals surface area contributed by atoms with E-state index in [-0.39, 0.29) is 39.8 Å². The normalized spacial score (nSPS) is 12.0. The second-order valence-electron chi connectivity index (χ2n) is 9.75. The van der Waals surface area contributed by atoms with Gasteiger partial charge >= 0.3 is 0 Å². The van der Waals surface area contributed by atoms with Crippen molar-refractivity contribution in [3.63, 3.8) is 0 Å². The average Bonchev–Trinajstić information content (AvgIpc) is 2.96. The van der Waals surface area contributed by atoms with Gasteiger partial charge in [-0.15, -0.1) is 0 Å². The maximum Gasteiger partial charge on any atom is 0.267 e. The van der Waals surface area contributed by atoms with E-state index in [1.807, 2.05) is 0 Å².